The largest absolute Gasteiger partial charge is 0.469 e. The number of carbonyl (C=O) groups excluding carboxylic acids is 1. The number of methoxy groups -OCH3 is 1. The molecule has 6 nitrogen and oxygen atoms in total. The average Bonchev–Trinajstić information content (AvgIpc) is 2.51. The van der Waals surface area contributed by atoms with E-state index in [1.54, 1.807) is 0 Å². The Hall–Kier alpha value is -0.690. The van der Waals surface area contributed by atoms with Crippen molar-refractivity contribution in [3.8, 4) is 0 Å². The molecule has 0 bridgehead atoms. The molecule has 0 aromatic carbocycles. The van der Waals surface area contributed by atoms with Crippen LogP contribution in [0.25, 0.3) is 0 Å². The average molecular weight is 300 g/mol. The smallest absolute Gasteiger partial charge is 0.306 e. The molecular formula is C15H32N4O2. The quantitative estimate of drug-likeness (QED) is 0.566. The van der Waals surface area contributed by atoms with Crippen LogP contribution in [0.2, 0.25) is 0 Å². The zero-order chi connectivity index (χ0) is 15.5. The van der Waals surface area contributed by atoms with Gasteiger partial charge in [0.25, 0.3) is 0 Å². The van der Waals surface area contributed by atoms with Gasteiger partial charge in [0, 0.05) is 58.9 Å². The first-order valence-electron chi connectivity index (χ1n) is 8.13. The lowest BCUT2D eigenvalue weighted by atomic mass is 10.3. The van der Waals surface area contributed by atoms with Crippen molar-refractivity contribution in [3.05, 3.63) is 0 Å². The van der Waals surface area contributed by atoms with E-state index in [9.17, 15) is 4.79 Å². The number of rotatable bonds is 10. The van der Waals surface area contributed by atoms with Gasteiger partial charge in [0.1, 0.15) is 0 Å². The van der Waals surface area contributed by atoms with Gasteiger partial charge in [-0.2, -0.15) is 0 Å². The van der Waals surface area contributed by atoms with Gasteiger partial charge >= 0.3 is 5.97 Å². The first-order chi connectivity index (χ1) is 10.2. The van der Waals surface area contributed by atoms with Crippen LogP contribution < -0.4 is 5.73 Å². The molecule has 0 radical (unpaired) electrons. The van der Waals surface area contributed by atoms with E-state index in [0.717, 1.165) is 71.9 Å². The molecule has 1 aliphatic heterocycles. The highest BCUT2D eigenvalue weighted by atomic mass is 16.5. The van der Waals surface area contributed by atoms with E-state index in [-0.39, 0.29) is 5.97 Å². The second kappa shape index (κ2) is 11.0. The predicted octanol–water partition coefficient (Wildman–Crippen LogP) is -0.162. The van der Waals surface area contributed by atoms with Gasteiger partial charge < -0.3 is 15.4 Å². The summed E-state index contributed by atoms with van der Waals surface area (Å²) in [4.78, 5) is 18.5. The molecule has 124 valence electrons. The third-order valence-electron chi connectivity index (χ3n) is 4.04. The van der Waals surface area contributed by atoms with E-state index in [1.165, 1.54) is 7.11 Å². The van der Waals surface area contributed by atoms with Gasteiger partial charge in [0.05, 0.1) is 13.5 Å². The molecule has 0 aromatic heterocycles. The molecule has 0 atom stereocenters. The lowest BCUT2D eigenvalue weighted by Crippen LogP contribution is -2.49. The van der Waals surface area contributed by atoms with Crippen molar-refractivity contribution in [2.75, 3.05) is 72.6 Å². The summed E-state index contributed by atoms with van der Waals surface area (Å²) in [7, 11) is 1.45. The van der Waals surface area contributed by atoms with Crippen LogP contribution in [0, 0.1) is 0 Å². The highest BCUT2D eigenvalue weighted by Gasteiger charge is 2.17. The molecule has 6 heteroatoms. The number of hydrogen-bond donors (Lipinski definition) is 1. The third kappa shape index (κ3) is 7.76. The summed E-state index contributed by atoms with van der Waals surface area (Å²) in [6.07, 6.45) is 1.60. The van der Waals surface area contributed by atoms with Crippen molar-refractivity contribution in [1.82, 2.24) is 14.7 Å². The minimum Gasteiger partial charge on any atom is -0.469 e. The molecule has 1 rings (SSSR count). The van der Waals surface area contributed by atoms with Crippen molar-refractivity contribution >= 4 is 5.97 Å². The van der Waals surface area contributed by atoms with Crippen molar-refractivity contribution in [1.29, 1.82) is 0 Å². The number of ether oxygens (including phenoxy) is 1. The highest BCUT2D eigenvalue weighted by molar-refractivity contribution is 5.69. The minimum atomic E-state index is -0.119. The van der Waals surface area contributed by atoms with E-state index < -0.39 is 0 Å². The highest BCUT2D eigenvalue weighted by Crippen LogP contribution is 2.02. The number of piperazine rings is 1. The number of nitrogens with zero attached hydrogens (tertiary/aromatic N) is 3. The van der Waals surface area contributed by atoms with Gasteiger partial charge in [-0.05, 0) is 13.0 Å². The van der Waals surface area contributed by atoms with E-state index in [0.29, 0.717) is 6.42 Å². The fourth-order valence-electron chi connectivity index (χ4n) is 2.71. The fraction of sp³-hybridized carbons (Fsp3) is 0.933. The van der Waals surface area contributed by atoms with Gasteiger partial charge in [0.2, 0.25) is 0 Å². The number of nitrogens with two attached hydrogens (primary N) is 1. The lowest BCUT2D eigenvalue weighted by molar-refractivity contribution is -0.141. The van der Waals surface area contributed by atoms with Crippen molar-refractivity contribution in [3.63, 3.8) is 0 Å². The van der Waals surface area contributed by atoms with Crippen LogP contribution in [0.1, 0.15) is 19.8 Å². The van der Waals surface area contributed by atoms with Crippen LogP contribution in [0.3, 0.4) is 0 Å². The topological polar surface area (TPSA) is 62.0 Å². The number of carbonyl (C=O) groups is 1. The second-order valence-corrected chi connectivity index (χ2v) is 5.64. The van der Waals surface area contributed by atoms with E-state index in [4.69, 9.17) is 10.5 Å². The monoisotopic (exact) mass is 300 g/mol. The maximum Gasteiger partial charge on any atom is 0.306 e. The Kier molecular flexibility index (Phi) is 9.58. The minimum absolute atomic E-state index is 0.119. The molecule has 0 aliphatic carbocycles. The first-order valence-corrected chi connectivity index (χ1v) is 8.13. The Morgan fingerprint density at radius 1 is 1.10 bits per heavy atom. The molecule has 0 aromatic rings. The first kappa shape index (κ1) is 18.4. The van der Waals surface area contributed by atoms with Gasteiger partial charge in [-0.3, -0.25) is 14.6 Å². The van der Waals surface area contributed by atoms with Gasteiger partial charge in [-0.25, -0.2) is 0 Å². The van der Waals surface area contributed by atoms with Crippen molar-refractivity contribution in [2.24, 2.45) is 5.73 Å². The summed E-state index contributed by atoms with van der Waals surface area (Å²) in [5.74, 6) is -0.119. The lowest BCUT2D eigenvalue weighted by Gasteiger charge is -2.35. The molecule has 21 heavy (non-hydrogen) atoms. The zero-order valence-electron chi connectivity index (χ0n) is 13.7. The Morgan fingerprint density at radius 3 is 2.24 bits per heavy atom. The molecule has 0 saturated carbocycles. The third-order valence-corrected chi connectivity index (χ3v) is 4.04. The summed E-state index contributed by atoms with van der Waals surface area (Å²) < 4.78 is 4.72. The maximum atomic E-state index is 11.2. The molecule has 0 amide bonds. The van der Waals surface area contributed by atoms with Gasteiger partial charge in [-0.1, -0.05) is 6.92 Å². The summed E-state index contributed by atoms with van der Waals surface area (Å²) in [5, 5.41) is 0. The Bertz CT molecular complexity index is 281. The molecule has 0 unspecified atom stereocenters. The Balaban J connectivity index is 2.22. The molecular weight excluding hydrogens is 268 g/mol. The number of esters is 1. The standard InChI is InChI=1S/C15H32N4O2/c1-3-6-17(7-4-15(20)21-2)9-12-19-13-10-18(8-5-16)11-14-19/h3-14,16H2,1-2H3. The normalized spacial score (nSPS) is 17.3. The van der Waals surface area contributed by atoms with Gasteiger partial charge in [0.15, 0.2) is 0 Å². The second-order valence-electron chi connectivity index (χ2n) is 5.64. The summed E-state index contributed by atoms with van der Waals surface area (Å²) in [6, 6.07) is 0. The van der Waals surface area contributed by atoms with Gasteiger partial charge in [-0.15, -0.1) is 0 Å². The van der Waals surface area contributed by atoms with Crippen LogP contribution in [0.4, 0.5) is 0 Å². The van der Waals surface area contributed by atoms with Crippen LogP contribution >= 0.6 is 0 Å². The van der Waals surface area contributed by atoms with E-state index in [1.807, 2.05) is 0 Å². The van der Waals surface area contributed by atoms with Crippen LogP contribution in [-0.4, -0.2) is 93.2 Å². The van der Waals surface area contributed by atoms with E-state index in [2.05, 4.69) is 21.6 Å². The van der Waals surface area contributed by atoms with Crippen LogP contribution in [-0.2, 0) is 9.53 Å². The fourth-order valence-corrected chi connectivity index (χ4v) is 2.71. The van der Waals surface area contributed by atoms with E-state index >= 15 is 0 Å². The van der Waals surface area contributed by atoms with Crippen LogP contribution in [0.15, 0.2) is 0 Å². The SMILES string of the molecule is CCCN(CCC(=O)OC)CCN1CCN(CCN)CC1. The Labute approximate surface area is 129 Å². The molecule has 1 fully saturated rings. The van der Waals surface area contributed by atoms with Crippen molar-refractivity contribution < 1.29 is 9.53 Å². The summed E-state index contributed by atoms with van der Waals surface area (Å²) >= 11 is 0. The van der Waals surface area contributed by atoms with Crippen LogP contribution in [0.5, 0.6) is 0 Å². The Morgan fingerprint density at radius 2 is 1.71 bits per heavy atom. The molecule has 0 spiro atoms. The molecule has 1 saturated heterocycles. The molecule has 1 heterocycles. The molecule has 2 N–H and O–H groups in total. The van der Waals surface area contributed by atoms with Crippen molar-refractivity contribution in [2.45, 2.75) is 19.8 Å². The maximum absolute atomic E-state index is 11.2. The summed E-state index contributed by atoms with van der Waals surface area (Å²) in [5.41, 5.74) is 5.60. The molecule has 1 aliphatic rings. The number of hydrogen-bond acceptors (Lipinski definition) is 6. The zero-order valence-corrected chi connectivity index (χ0v) is 13.7. The summed E-state index contributed by atoms with van der Waals surface area (Å²) in [6.45, 7) is 12.4. The predicted molar refractivity (Wildman–Crippen MR) is 85.3 cm³/mol.